The summed E-state index contributed by atoms with van der Waals surface area (Å²) >= 11 is 6.57. The van der Waals surface area contributed by atoms with Crippen LogP contribution in [0.2, 0.25) is 0 Å². The van der Waals surface area contributed by atoms with Gasteiger partial charge < -0.3 is 9.32 Å². The molecule has 1 aromatic carbocycles. The SMILES string of the molecule is Cc1cc2c(o1)=NC(C)(C)N(c1ccccc1)C=2Cl. The minimum absolute atomic E-state index is 0.476. The Kier molecular flexibility index (Phi) is 2.68. The van der Waals surface area contributed by atoms with Gasteiger partial charge in [0, 0.05) is 5.69 Å². The third-order valence-electron chi connectivity index (χ3n) is 3.19. The molecule has 4 heteroatoms. The van der Waals surface area contributed by atoms with E-state index in [0.717, 1.165) is 16.7 Å². The summed E-state index contributed by atoms with van der Waals surface area (Å²) in [6, 6.07) is 11.9. The van der Waals surface area contributed by atoms with Crippen molar-refractivity contribution in [3.05, 3.63) is 52.9 Å². The number of rotatable bonds is 1. The molecule has 1 aliphatic rings. The molecule has 0 aliphatic carbocycles. The predicted molar refractivity (Wildman–Crippen MR) is 76.5 cm³/mol. The van der Waals surface area contributed by atoms with Gasteiger partial charge in [-0.2, -0.15) is 0 Å². The molecule has 0 unspecified atom stereocenters. The van der Waals surface area contributed by atoms with Gasteiger partial charge in [0.25, 0.3) is 0 Å². The van der Waals surface area contributed by atoms with E-state index in [-0.39, 0.29) is 0 Å². The van der Waals surface area contributed by atoms with E-state index in [4.69, 9.17) is 16.0 Å². The third kappa shape index (κ3) is 1.94. The Morgan fingerprint density at radius 3 is 2.58 bits per heavy atom. The number of halogens is 1. The van der Waals surface area contributed by atoms with Crippen LogP contribution in [0.15, 0.2) is 45.8 Å². The highest BCUT2D eigenvalue weighted by Gasteiger charge is 2.32. The van der Waals surface area contributed by atoms with Crippen LogP contribution in [0.3, 0.4) is 0 Å². The van der Waals surface area contributed by atoms with E-state index in [1.54, 1.807) is 0 Å². The van der Waals surface area contributed by atoms with Crippen LogP contribution in [0.4, 0.5) is 5.69 Å². The molecule has 0 radical (unpaired) electrons. The number of nitrogens with zero attached hydrogens (tertiary/aromatic N) is 2. The molecule has 3 rings (SSSR count). The predicted octanol–water partition coefficient (Wildman–Crippen LogP) is 2.77. The van der Waals surface area contributed by atoms with Gasteiger partial charge in [-0.15, -0.1) is 0 Å². The first-order valence-electron chi connectivity index (χ1n) is 6.20. The Hall–Kier alpha value is -1.74. The zero-order valence-electron chi connectivity index (χ0n) is 11.1. The van der Waals surface area contributed by atoms with E-state index >= 15 is 0 Å². The van der Waals surface area contributed by atoms with Crippen molar-refractivity contribution in [2.45, 2.75) is 26.4 Å². The molecule has 1 aliphatic heterocycles. The van der Waals surface area contributed by atoms with E-state index < -0.39 is 5.66 Å². The Labute approximate surface area is 116 Å². The molecule has 0 saturated carbocycles. The maximum Gasteiger partial charge on any atom is 0.226 e. The van der Waals surface area contributed by atoms with E-state index in [0.29, 0.717) is 10.7 Å². The van der Waals surface area contributed by atoms with E-state index in [1.165, 1.54) is 0 Å². The highest BCUT2D eigenvalue weighted by atomic mass is 35.5. The fourth-order valence-electron chi connectivity index (χ4n) is 2.40. The van der Waals surface area contributed by atoms with Crippen LogP contribution in [0.1, 0.15) is 19.6 Å². The van der Waals surface area contributed by atoms with Crippen molar-refractivity contribution in [2.75, 3.05) is 4.90 Å². The van der Waals surface area contributed by atoms with Crippen molar-refractivity contribution in [1.82, 2.24) is 0 Å². The number of para-hydroxylation sites is 1. The van der Waals surface area contributed by atoms with Gasteiger partial charge in [-0.05, 0) is 39.0 Å². The lowest BCUT2D eigenvalue weighted by Gasteiger charge is -2.37. The van der Waals surface area contributed by atoms with Crippen LogP contribution in [0, 0.1) is 6.92 Å². The quantitative estimate of drug-likeness (QED) is 0.748. The maximum absolute atomic E-state index is 6.57. The van der Waals surface area contributed by atoms with Crippen molar-refractivity contribution in [3.8, 4) is 0 Å². The number of benzene rings is 1. The standard InChI is InChI=1S/C15H15ClN2O/c1-10-9-12-13(16)18(11-7-5-4-6-8-11)15(2,3)17-14(12)19-10/h4-9H,1-3H3. The molecule has 0 fully saturated rings. The normalized spacial score (nSPS) is 17.1. The summed E-state index contributed by atoms with van der Waals surface area (Å²) in [5, 5.41) is 1.50. The summed E-state index contributed by atoms with van der Waals surface area (Å²) in [5.41, 5.74) is 1.15. The molecule has 2 aromatic rings. The lowest BCUT2D eigenvalue weighted by atomic mass is 10.1. The van der Waals surface area contributed by atoms with Gasteiger partial charge in [-0.25, -0.2) is 4.99 Å². The van der Waals surface area contributed by atoms with Gasteiger partial charge in [0.05, 0.1) is 5.22 Å². The topological polar surface area (TPSA) is 28.7 Å². The third-order valence-corrected chi connectivity index (χ3v) is 3.56. The number of anilines is 1. The molecule has 0 amide bonds. The average Bonchev–Trinajstić information content (AvgIpc) is 2.70. The molecule has 0 spiro atoms. The number of hydrogen-bond acceptors (Lipinski definition) is 3. The van der Waals surface area contributed by atoms with Gasteiger partial charge in [0.2, 0.25) is 5.55 Å². The number of hydrogen-bond donors (Lipinski definition) is 0. The van der Waals surface area contributed by atoms with Crippen LogP contribution >= 0.6 is 11.6 Å². The van der Waals surface area contributed by atoms with Gasteiger partial charge >= 0.3 is 0 Å². The van der Waals surface area contributed by atoms with Crippen LogP contribution in [-0.4, -0.2) is 5.66 Å². The Morgan fingerprint density at radius 2 is 1.89 bits per heavy atom. The van der Waals surface area contributed by atoms with Crippen molar-refractivity contribution < 1.29 is 4.42 Å². The first kappa shape index (κ1) is 12.3. The number of furan rings is 1. The minimum Gasteiger partial charge on any atom is -0.443 e. The fourth-order valence-corrected chi connectivity index (χ4v) is 2.84. The summed E-state index contributed by atoms with van der Waals surface area (Å²) in [5.74, 6) is 0.817. The molecule has 1 aromatic heterocycles. The highest BCUT2D eigenvalue weighted by Crippen LogP contribution is 2.32. The molecule has 0 saturated heterocycles. The summed E-state index contributed by atoms with van der Waals surface area (Å²) in [6.45, 7) is 5.93. The first-order chi connectivity index (χ1) is 8.99. The highest BCUT2D eigenvalue weighted by molar-refractivity contribution is 6.47. The van der Waals surface area contributed by atoms with Gasteiger partial charge in [0.1, 0.15) is 16.6 Å². The van der Waals surface area contributed by atoms with E-state index in [2.05, 4.69) is 4.99 Å². The zero-order valence-corrected chi connectivity index (χ0v) is 11.9. The van der Waals surface area contributed by atoms with Crippen LogP contribution < -0.4 is 15.7 Å². The number of aryl methyl sites for hydroxylation is 1. The lowest BCUT2D eigenvalue weighted by Crippen LogP contribution is -2.49. The second kappa shape index (κ2) is 4.14. The molecule has 0 bridgehead atoms. The van der Waals surface area contributed by atoms with Crippen LogP contribution in [0.25, 0.3) is 5.16 Å². The molecule has 3 nitrogen and oxygen atoms in total. The van der Waals surface area contributed by atoms with Gasteiger partial charge in [0.15, 0.2) is 0 Å². The molecule has 2 heterocycles. The second-order valence-electron chi connectivity index (χ2n) is 5.14. The van der Waals surface area contributed by atoms with Crippen molar-refractivity contribution >= 4 is 22.4 Å². The van der Waals surface area contributed by atoms with Gasteiger partial charge in [-0.3, -0.25) is 0 Å². The molecular weight excluding hydrogens is 260 g/mol. The van der Waals surface area contributed by atoms with E-state index in [1.807, 2.05) is 62.1 Å². The molecule has 0 N–H and O–H groups in total. The van der Waals surface area contributed by atoms with Crippen LogP contribution in [0.5, 0.6) is 0 Å². The Morgan fingerprint density at radius 1 is 1.21 bits per heavy atom. The minimum atomic E-state index is -0.476. The van der Waals surface area contributed by atoms with E-state index in [9.17, 15) is 0 Å². The average molecular weight is 275 g/mol. The molecule has 19 heavy (non-hydrogen) atoms. The summed E-state index contributed by atoms with van der Waals surface area (Å²) in [6.07, 6.45) is 0. The van der Waals surface area contributed by atoms with Crippen molar-refractivity contribution in [1.29, 1.82) is 0 Å². The Bertz CT molecular complexity index is 731. The smallest absolute Gasteiger partial charge is 0.226 e. The summed E-state index contributed by atoms with van der Waals surface area (Å²) < 4.78 is 5.60. The maximum atomic E-state index is 6.57. The first-order valence-corrected chi connectivity index (χ1v) is 6.58. The molecule has 98 valence electrons. The number of fused-ring (bicyclic) bond motifs is 1. The largest absolute Gasteiger partial charge is 0.443 e. The second-order valence-corrected chi connectivity index (χ2v) is 5.50. The Balaban J connectivity index is 2.29. The fraction of sp³-hybridized carbons (Fsp3) is 0.267. The van der Waals surface area contributed by atoms with Crippen LogP contribution in [-0.2, 0) is 0 Å². The van der Waals surface area contributed by atoms with Gasteiger partial charge in [-0.1, -0.05) is 29.8 Å². The zero-order chi connectivity index (χ0) is 13.6. The molecular formula is C15H15ClN2O. The molecule has 0 atom stereocenters. The van der Waals surface area contributed by atoms with Crippen molar-refractivity contribution in [3.63, 3.8) is 0 Å². The summed E-state index contributed by atoms with van der Waals surface area (Å²) in [4.78, 5) is 6.68. The monoisotopic (exact) mass is 274 g/mol. The van der Waals surface area contributed by atoms with Crippen molar-refractivity contribution in [2.24, 2.45) is 4.99 Å². The lowest BCUT2D eigenvalue weighted by molar-refractivity contribution is 0.424. The summed E-state index contributed by atoms with van der Waals surface area (Å²) in [7, 11) is 0.